The van der Waals surface area contributed by atoms with Crippen molar-refractivity contribution < 1.29 is 4.74 Å². The topological polar surface area (TPSA) is 51.0 Å². The molecule has 0 bridgehead atoms. The van der Waals surface area contributed by atoms with Crippen LogP contribution in [0.4, 0.5) is 0 Å². The van der Waals surface area contributed by atoms with E-state index in [4.69, 9.17) is 10.5 Å². The molecule has 3 N–H and O–H groups in total. The van der Waals surface area contributed by atoms with Gasteiger partial charge in [0.05, 0.1) is 7.11 Å². The van der Waals surface area contributed by atoms with Crippen LogP contribution >= 0.6 is 0 Å². The minimum absolute atomic E-state index is 0.212. The molecule has 0 spiro atoms. The summed E-state index contributed by atoms with van der Waals surface area (Å²) < 4.78 is 5.38. The van der Waals surface area contributed by atoms with Gasteiger partial charge in [-0.05, 0) is 38.0 Å². The van der Waals surface area contributed by atoms with Crippen molar-refractivity contribution in [1.82, 2.24) is 4.98 Å². The number of rotatable bonds is 3. The van der Waals surface area contributed by atoms with Crippen LogP contribution in [0.25, 0.3) is 10.9 Å². The molecule has 2 aromatic rings. The molecule has 0 amide bonds. The van der Waals surface area contributed by atoms with Crippen LogP contribution in [0.3, 0.4) is 0 Å². The van der Waals surface area contributed by atoms with Gasteiger partial charge in [-0.3, -0.25) is 0 Å². The summed E-state index contributed by atoms with van der Waals surface area (Å²) in [5.41, 5.74) is 8.15. The summed E-state index contributed by atoms with van der Waals surface area (Å²) in [5.74, 6) is 0.901. The summed E-state index contributed by atoms with van der Waals surface area (Å²) in [4.78, 5) is 3.25. The third-order valence-corrected chi connectivity index (χ3v) is 2.62. The summed E-state index contributed by atoms with van der Waals surface area (Å²) in [6.07, 6.45) is 2.84. The number of H-pyrrole nitrogens is 1. The molecule has 0 atom stereocenters. The van der Waals surface area contributed by atoms with E-state index in [9.17, 15) is 0 Å². The number of fused-ring (bicyclic) bond motifs is 1. The van der Waals surface area contributed by atoms with Gasteiger partial charge in [0.1, 0.15) is 5.75 Å². The Morgan fingerprint density at radius 3 is 2.75 bits per heavy atom. The highest BCUT2D eigenvalue weighted by Gasteiger charge is 2.16. The molecule has 0 fully saturated rings. The first-order chi connectivity index (χ1) is 7.51. The van der Waals surface area contributed by atoms with Gasteiger partial charge in [0.15, 0.2) is 0 Å². The third-order valence-electron chi connectivity index (χ3n) is 2.62. The van der Waals surface area contributed by atoms with Crippen molar-refractivity contribution in [2.75, 3.05) is 7.11 Å². The van der Waals surface area contributed by atoms with Gasteiger partial charge >= 0.3 is 0 Å². The maximum atomic E-state index is 6.05. The fourth-order valence-corrected chi connectivity index (χ4v) is 2.02. The van der Waals surface area contributed by atoms with Crippen LogP contribution in [-0.4, -0.2) is 17.6 Å². The molecule has 2 rings (SSSR count). The van der Waals surface area contributed by atoms with Gasteiger partial charge < -0.3 is 15.5 Å². The number of aromatic amines is 1. The number of hydrogen-bond donors (Lipinski definition) is 2. The number of aromatic nitrogens is 1. The Balaban J connectivity index is 2.54. The molecule has 1 aromatic carbocycles. The van der Waals surface area contributed by atoms with Crippen molar-refractivity contribution in [3.05, 3.63) is 30.0 Å². The normalized spacial score (nSPS) is 12.0. The largest absolute Gasteiger partial charge is 0.496 e. The van der Waals surface area contributed by atoms with E-state index in [1.807, 2.05) is 38.2 Å². The van der Waals surface area contributed by atoms with Crippen molar-refractivity contribution in [2.45, 2.75) is 25.8 Å². The van der Waals surface area contributed by atoms with E-state index in [0.717, 1.165) is 23.1 Å². The highest BCUT2D eigenvalue weighted by atomic mass is 16.5. The maximum absolute atomic E-state index is 6.05. The van der Waals surface area contributed by atoms with Crippen molar-refractivity contribution >= 4 is 10.9 Å². The van der Waals surface area contributed by atoms with E-state index >= 15 is 0 Å². The second kappa shape index (κ2) is 3.83. The molecule has 3 heteroatoms. The predicted molar refractivity (Wildman–Crippen MR) is 66.8 cm³/mol. The van der Waals surface area contributed by atoms with Crippen LogP contribution in [0, 0.1) is 0 Å². The standard InChI is InChI=1S/C13H18N2O/c1-13(2,14)7-9-8-15-10-5-4-6-11(16-3)12(9)10/h4-6,8,15H,7,14H2,1-3H3. The molecule has 0 saturated heterocycles. The van der Waals surface area contributed by atoms with E-state index in [1.54, 1.807) is 7.11 Å². The van der Waals surface area contributed by atoms with Gasteiger partial charge in [0.2, 0.25) is 0 Å². The van der Waals surface area contributed by atoms with Crippen LogP contribution in [0.1, 0.15) is 19.4 Å². The van der Waals surface area contributed by atoms with Crippen molar-refractivity contribution in [1.29, 1.82) is 0 Å². The highest BCUT2D eigenvalue weighted by Crippen LogP contribution is 2.30. The average Bonchev–Trinajstić information content (AvgIpc) is 2.59. The predicted octanol–water partition coefficient (Wildman–Crippen LogP) is 2.46. The molecule has 0 radical (unpaired) electrons. The van der Waals surface area contributed by atoms with Crippen molar-refractivity contribution in [3.63, 3.8) is 0 Å². The number of nitrogens with two attached hydrogens (primary N) is 1. The molecule has 0 aliphatic rings. The number of methoxy groups -OCH3 is 1. The molecule has 86 valence electrons. The van der Waals surface area contributed by atoms with Gasteiger partial charge in [0.25, 0.3) is 0 Å². The Morgan fingerprint density at radius 2 is 2.12 bits per heavy atom. The lowest BCUT2D eigenvalue weighted by molar-refractivity contribution is 0.419. The molecule has 0 aliphatic heterocycles. The first-order valence-corrected chi connectivity index (χ1v) is 5.43. The van der Waals surface area contributed by atoms with Crippen LogP contribution in [0.15, 0.2) is 24.4 Å². The van der Waals surface area contributed by atoms with Gasteiger partial charge in [-0.15, -0.1) is 0 Å². The third kappa shape index (κ3) is 2.04. The maximum Gasteiger partial charge on any atom is 0.128 e. The summed E-state index contributed by atoms with van der Waals surface area (Å²) in [7, 11) is 1.69. The molecule has 1 aromatic heterocycles. The van der Waals surface area contributed by atoms with Crippen molar-refractivity contribution in [3.8, 4) is 5.75 Å². The summed E-state index contributed by atoms with van der Waals surface area (Å²) >= 11 is 0. The van der Waals surface area contributed by atoms with E-state index in [1.165, 1.54) is 5.56 Å². The molecule has 0 saturated carbocycles. The first-order valence-electron chi connectivity index (χ1n) is 5.43. The number of hydrogen-bond acceptors (Lipinski definition) is 2. The van der Waals surface area contributed by atoms with E-state index < -0.39 is 0 Å². The quantitative estimate of drug-likeness (QED) is 0.831. The van der Waals surface area contributed by atoms with Gasteiger partial charge in [-0.2, -0.15) is 0 Å². The van der Waals surface area contributed by atoms with Gasteiger partial charge in [0, 0.05) is 22.6 Å². The Labute approximate surface area is 95.6 Å². The van der Waals surface area contributed by atoms with E-state index in [2.05, 4.69) is 4.98 Å². The van der Waals surface area contributed by atoms with Crippen molar-refractivity contribution in [2.24, 2.45) is 5.73 Å². The zero-order valence-corrected chi connectivity index (χ0v) is 10.0. The smallest absolute Gasteiger partial charge is 0.128 e. The first kappa shape index (κ1) is 11.0. The molecular weight excluding hydrogens is 200 g/mol. The Morgan fingerprint density at radius 1 is 1.38 bits per heavy atom. The summed E-state index contributed by atoms with van der Waals surface area (Å²) in [6, 6.07) is 6.00. The average molecular weight is 218 g/mol. The summed E-state index contributed by atoms with van der Waals surface area (Å²) in [5, 5.41) is 1.14. The van der Waals surface area contributed by atoms with Crippen LogP contribution in [-0.2, 0) is 6.42 Å². The lowest BCUT2D eigenvalue weighted by Crippen LogP contribution is -2.34. The number of ether oxygens (including phenoxy) is 1. The lowest BCUT2D eigenvalue weighted by atomic mass is 9.96. The molecule has 0 unspecified atom stereocenters. The molecule has 3 nitrogen and oxygen atoms in total. The lowest BCUT2D eigenvalue weighted by Gasteiger charge is -2.18. The molecule has 1 heterocycles. The van der Waals surface area contributed by atoms with Crippen LogP contribution < -0.4 is 10.5 Å². The zero-order chi connectivity index (χ0) is 11.8. The number of nitrogens with one attached hydrogen (secondary N) is 1. The molecular formula is C13H18N2O. The van der Waals surface area contributed by atoms with Gasteiger partial charge in [-0.25, -0.2) is 0 Å². The summed E-state index contributed by atoms with van der Waals surface area (Å²) in [6.45, 7) is 4.06. The Kier molecular flexibility index (Phi) is 2.64. The minimum atomic E-state index is -0.212. The van der Waals surface area contributed by atoms with Crippen LogP contribution in [0.2, 0.25) is 0 Å². The van der Waals surface area contributed by atoms with E-state index in [-0.39, 0.29) is 5.54 Å². The monoisotopic (exact) mass is 218 g/mol. The zero-order valence-electron chi connectivity index (χ0n) is 10.0. The Bertz CT molecular complexity index is 494. The molecule has 0 aliphatic carbocycles. The second-order valence-corrected chi connectivity index (χ2v) is 4.86. The van der Waals surface area contributed by atoms with E-state index in [0.29, 0.717) is 0 Å². The van der Waals surface area contributed by atoms with Crippen LogP contribution in [0.5, 0.6) is 5.75 Å². The molecule has 16 heavy (non-hydrogen) atoms. The Hall–Kier alpha value is -1.48. The fraction of sp³-hybridized carbons (Fsp3) is 0.385. The second-order valence-electron chi connectivity index (χ2n) is 4.86. The fourth-order valence-electron chi connectivity index (χ4n) is 2.02. The number of benzene rings is 1. The SMILES string of the molecule is COc1cccc2[nH]cc(CC(C)(C)N)c12. The van der Waals surface area contributed by atoms with Gasteiger partial charge in [-0.1, -0.05) is 6.07 Å². The minimum Gasteiger partial charge on any atom is -0.496 e. The highest BCUT2D eigenvalue weighted by molar-refractivity contribution is 5.89.